The Bertz CT molecular complexity index is 377. The number of ether oxygens (including phenoxy) is 1. The lowest BCUT2D eigenvalue weighted by Crippen LogP contribution is -2.22. The SMILES string of the molecule is CC1(c2noc(CC(O)C(F)F)n2)CCCO1. The normalized spacial score (nSPS) is 26.6. The molecule has 2 rings (SSSR count). The van der Waals surface area contributed by atoms with Gasteiger partial charge in [-0.15, -0.1) is 0 Å². The number of aliphatic hydroxyl groups excluding tert-OH is 1. The molecule has 0 aliphatic carbocycles. The molecule has 1 aliphatic heterocycles. The third-order valence-electron chi connectivity index (χ3n) is 2.83. The summed E-state index contributed by atoms with van der Waals surface area (Å²) in [5.41, 5.74) is -0.600. The van der Waals surface area contributed by atoms with Crippen LogP contribution in [-0.2, 0) is 16.8 Å². The van der Waals surface area contributed by atoms with Crippen LogP contribution in [0.25, 0.3) is 0 Å². The standard InChI is InChI=1S/C10H14F2N2O3/c1-10(3-2-4-16-10)9-13-7(17-14-9)5-6(15)8(11)12/h6,8,15H,2-5H2,1H3. The molecule has 2 atom stereocenters. The Hall–Kier alpha value is -1.08. The van der Waals surface area contributed by atoms with Crippen molar-refractivity contribution >= 4 is 0 Å². The van der Waals surface area contributed by atoms with E-state index in [4.69, 9.17) is 14.4 Å². The molecule has 1 N–H and O–H groups in total. The summed E-state index contributed by atoms with van der Waals surface area (Å²) in [5.74, 6) is 0.357. The van der Waals surface area contributed by atoms with Gasteiger partial charge in [-0.25, -0.2) is 8.78 Å². The predicted molar refractivity (Wildman–Crippen MR) is 52.6 cm³/mol. The van der Waals surface area contributed by atoms with Crippen LogP contribution in [0.3, 0.4) is 0 Å². The molecule has 2 heterocycles. The van der Waals surface area contributed by atoms with Gasteiger partial charge in [0.15, 0.2) is 0 Å². The number of nitrogens with zero attached hydrogens (tertiary/aromatic N) is 2. The summed E-state index contributed by atoms with van der Waals surface area (Å²) >= 11 is 0. The molecule has 5 nitrogen and oxygen atoms in total. The first-order valence-electron chi connectivity index (χ1n) is 5.44. The number of alkyl halides is 2. The topological polar surface area (TPSA) is 68.4 Å². The first-order valence-corrected chi connectivity index (χ1v) is 5.44. The Morgan fingerprint density at radius 3 is 2.88 bits per heavy atom. The highest BCUT2D eigenvalue weighted by Crippen LogP contribution is 2.33. The van der Waals surface area contributed by atoms with Crippen LogP contribution >= 0.6 is 0 Å². The summed E-state index contributed by atoms with van der Waals surface area (Å²) in [7, 11) is 0. The molecule has 0 radical (unpaired) electrons. The predicted octanol–water partition coefficient (Wildman–Crippen LogP) is 1.26. The van der Waals surface area contributed by atoms with Gasteiger partial charge in [-0.3, -0.25) is 0 Å². The summed E-state index contributed by atoms with van der Waals surface area (Å²) in [6.45, 7) is 2.46. The van der Waals surface area contributed by atoms with E-state index in [1.165, 1.54) is 0 Å². The van der Waals surface area contributed by atoms with Crippen molar-refractivity contribution in [3.05, 3.63) is 11.7 Å². The van der Waals surface area contributed by atoms with E-state index in [-0.39, 0.29) is 12.3 Å². The van der Waals surface area contributed by atoms with Crippen molar-refractivity contribution in [2.75, 3.05) is 6.61 Å². The largest absolute Gasteiger partial charge is 0.387 e. The third kappa shape index (κ3) is 2.61. The van der Waals surface area contributed by atoms with Gasteiger partial charge in [0.1, 0.15) is 11.7 Å². The zero-order valence-electron chi connectivity index (χ0n) is 9.40. The Morgan fingerprint density at radius 2 is 2.29 bits per heavy atom. The lowest BCUT2D eigenvalue weighted by molar-refractivity contribution is -0.00754. The van der Waals surface area contributed by atoms with E-state index in [9.17, 15) is 8.78 Å². The fraction of sp³-hybridized carbons (Fsp3) is 0.800. The number of aromatic nitrogens is 2. The number of hydrogen-bond acceptors (Lipinski definition) is 5. The lowest BCUT2D eigenvalue weighted by Gasteiger charge is -2.17. The van der Waals surface area contributed by atoms with E-state index < -0.39 is 18.1 Å². The van der Waals surface area contributed by atoms with Crippen molar-refractivity contribution in [3.8, 4) is 0 Å². The Labute approximate surface area is 96.8 Å². The van der Waals surface area contributed by atoms with Gasteiger partial charge in [-0.1, -0.05) is 5.16 Å². The summed E-state index contributed by atoms with van der Waals surface area (Å²) in [4.78, 5) is 3.99. The molecule has 0 amide bonds. The molecule has 0 aromatic carbocycles. The van der Waals surface area contributed by atoms with Gasteiger partial charge in [0.05, 0.1) is 6.42 Å². The average molecular weight is 248 g/mol. The molecule has 0 bridgehead atoms. The van der Waals surface area contributed by atoms with Gasteiger partial charge in [-0.2, -0.15) is 4.98 Å². The van der Waals surface area contributed by atoms with Crippen molar-refractivity contribution in [3.63, 3.8) is 0 Å². The second-order valence-corrected chi connectivity index (χ2v) is 4.30. The van der Waals surface area contributed by atoms with E-state index in [1.54, 1.807) is 0 Å². The van der Waals surface area contributed by atoms with Crippen molar-refractivity contribution in [2.45, 2.75) is 44.3 Å². The maximum Gasteiger partial charge on any atom is 0.264 e. The van der Waals surface area contributed by atoms with E-state index >= 15 is 0 Å². The van der Waals surface area contributed by atoms with Crippen molar-refractivity contribution < 1.29 is 23.1 Å². The Balaban J connectivity index is 2.05. The van der Waals surface area contributed by atoms with Crippen molar-refractivity contribution in [1.29, 1.82) is 0 Å². The second-order valence-electron chi connectivity index (χ2n) is 4.30. The van der Waals surface area contributed by atoms with Gasteiger partial charge >= 0.3 is 0 Å². The summed E-state index contributed by atoms with van der Waals surface area (Å²) in [6.07, 6.45) is -3.27. The molecular weight excluding hydrogens is 234 g/mol. The zero-order chi connectivity index (χ0) is 12.5. The minimum absolute atomic E-state index is 0.00419. The van der Waals surface area contributed by atoms with E-state index in [2.05, 4.69) is 10.1 Å². The highest BCUT2D eigenvalue weighted by Gasteiger charge is 2.37. The van der Waals surface area contributed by atoms with Gasteiger partial charge < -0.3 is 14.4 Å². The molecule has 96 valence electrons. The molecular formula is C10H14F2N2O3. The maximum absolute atomic E-state index is 12.1. The minimum atomic E-state index is -2.82. The molecule has 0 spiro atoms. The first kappa shape index (κ1) is 12.4. The number of halogens is 2. The summed E-state index contributed by atoms with van der Waals surface area (Å²) < 4.78 is 34.6. The van der Waals surface area contributed by atoms with Gasteiger partial charge in [0.25, 0.3) is 6.43 Å². The number of aliphatic hydroxyl groups is 1. The van der Waals surface area contributed by atoms with Crippen LogP contribution < -0.4 is 0 Å². The van der Waals surface area contributed by atoms with Crippen LogP contribution in [0.5, 0.6) is 0 Å². The molecule has 1 aliphatic rings. The minimum Gasteiger partial charge on any atom is -0.387 e. The molecule has 1 aromatic rings. The molecule has 1 aromatic heterocycles. The smallest absolute Gasteiger partial charge is 0.264 e. The van der Waals surface area contributed by atoms with E-state index in [0.717, 1.165) is 12.8 Å². The van der Waals surface area contributed by atoms with Crippen LogP contribution in [0, 0.1) is 0 Å². The van der Waals surface area contributed by atoms with Gasteiger partial charge in [0.2, 0.25) is 11.7 Å². The monoisotopic (exact) mass is 248 g/mol. The van der Waals surface area contributed by atoms with Crippen molar-refractivity contribution in [2.24, 2.45) is 0 Å². The molecule has 2 unspecified atom stereocenters. The van der Waals surface area contributed by atoms with Crippen LogP contribution in [0.1, 0.15) is 31.5 Å². The zero-order valence-corrected chi connectivity index (χ0v) is 9.40. The van der Waals surface area contributed by atoms with Crippen LogP contribution in [0.2, 0.25) is 0 Å². The summed E-state index contributed by atoms with van der Waals surface area (Å²) in [6, 6.07) is 0. The third-order valence-corrected chi connectivity index (χ3v) is 2.83. The second kappa shape index (κ2) is 4.66. The molecule has 7 heteroatoms. The maximum atomic E-state index is 12.1. The van der Waals surface area contributed by atoms with Crippen LogP contribution in [0.15, 0.2) is 4.52 Å². The highest BCUT2D eigenvalue weighted by atomic mass is 19.3. The highest BCUT2D eigenvalue weighted by molar-refractivity contribution is 5.02. The fourth-order valence-corrected chi connectivity index (χ4v) is 1.78. The number of hydrogen-bond donors (Lipinski definition) is 1. The Morgan fingerprint density at radius 1 is 1.53 bits per heavy atom. The van der Waals surface area contributed by atoms with E-state index in [0.29, 0.717) is 12.4 Å². The average Bonchev–Trinajstić information content (AvgIpc) is 2.88. The quantitative estimate of drug-likeness (QED) is 0.868. The molecule has 1 saturated heterocycles. The Kier molecular flexibility index (Phi) is 3.39. The van der Waals surface area contributed by atoms with Crippen LogP contribution in [0.4, 0.5) is 8.78 Å². The first-order chi connectivity index (χ1) is 8.01. The summed E-state index contributed by atoms with van der Waals surface area (Å²) in [5, 5.41) is 12.7. The fourth-order valence-electron chi connectivity index (χ4n) is 1.78. The van der Waals surface area contributed by atoms with Gasteiger partial charge in [-0.05, 0) is 19.8 Å². The molecule has 0 saturated carbocycles. The molecule has 1 fully saturated rings. The lowest BCUT2D eigenvalue weighted by atomic mass is 10.0. The number of rotatable bonds is 4. The molecule has 17 heavy (non-hydrogen) atoms. The van der Waals surface area contributed by atoms with Gasteiger partial charge in [0, 0.05) is 6.61 Å². The van der Waals surface area contributed by atoms with Crippen LogP contribution in [-0.4, -0.2) is 34.4 Å². The van der Waals surface area contributed by atoms with E-state index in [1.807, 2.05) is 6.92 Å². The van der Waals surface area contributed by atoms with Crippen molar-refractivity contribution in [1.82, 2.24) is 10.1 Å².